The van der Waals surface area contributed by atoms with E-state index in [-0.39, 0.29) is 31.1 Å². The molecule has 238 valence electrons. The van der Waals surface area contributed by atoms with Gasteiger partial charge in [-0.15, -0.1) is 0 Å². The van der Waals surface area contributed by atoms with Gasteiger partial charge >= 0.3 is 6.03 Å². The van der Waals surface area contributed by atoms with Crippen LogP contribution in [0.5, 0.6) is 0 Å². The third-order valence-electron chi connectivity index (χ3n) is 7.72. The van der Waals surface area contributed by atoms with E-state index in [1.54, 1.807) is 37.3 Å². The summed E-state index contributed by atoms with van der Waals surface area (Å²) in [5, 5.41) is 59.5. The van der Waals surface area contributed by atoms with Gasteiger partial charge in [-0.25, -0.2) is 4.79 Å². The number of allylic oxidation sites excluding steroid dienone is 1. The van der Waals surface area contributed by atoms with Crippen LogP contribution in [0.1, 0.15) is 53.9 Å². The van der Waals surface area contributed by atoms with Crippen molar-refractivity contribution in [3.63, 3.8) is 0 Å². The van der Waals surface area contributed by atoms with Gasteiger partial charge in [0.15, 0.2) is 12.1 Å². The highest BCUT2D eigenvalue weighted by Gasteiger charge is 2.49. The van der Waals surface area contributed by atoms with Crippen molar-refractivity contribution in [2.75, 3.05) is 5.32 Å². The van der Waals surface area contributed by atoms with Gasteiger partial charge in [-0.05, 0) is 30.9 Å². The maximum atomic E-state index is 12.9. The fourth-order valence-electron chi connectivity index (χ4n) is 5.13. The topological polar surface area (TPSA) is 196 Å². The number of aliphatic hydroxyl groups is 5. The highest BCUT2D eigenvalue weighted by atomic mass is 16.7. The number of hydrogen-bond donors (Lipinski definition) is 8. The average molecular weight is 596 g/mol. The number of anilines is 1. The SMILES string of the molecule is CC(C)/C=C/[C@@H](C[C@@H]1O[C@](O)(C[C@@H](O)C(C)C)C[C@H](O)[C@H]1NC(=O)Nc1ccccc1)OC1OC(C)C(O)C(N)C1O. The van der Waals surface area contributed by atoms with Crippen molar-refractivity contribution in [2.24, 2.45) is 17.6 Å². The Bertz CT molecular complexity index is 1010. The first-order chi connectivity index (χ1) is 19.7. The molecule has 0 bridgehead atoms. The molecule has 0 aromatic heterocycles. The predicted octanol–water partition coefficient (Wildman–Crippen LogP) is 1.20. The highest BCUT2D eigenvalue weighted by Crippen LogP contribution is 2.35. The summed E-state index contributed by atoms with van der Waals surface area (Å²) in [5.74, 6) is -1.91. The van der Waals surface area contributed by atoms with Crippen molar-refractivity contribution >= 4 is 11.7 Å². The van der Waals surface area contributed by atoms with Gasteiger partial charge in [-0.2, -0.15) is 0 Å². The van der Waals surface area contributed by atoms with Crippen molar-refractivity contribution in [3.05, 3.63) is 42.5 Å². The lowest BCUT2D eigenvalue weighted by atomic mass is 9.86. The van der Waals surface area contributed by atoms with E-state index in [1.807, 2.05) is 39.8 Å². The van der Waals surface area contributed by atoms with Gasteiger partial charge < -0.3 is 56.1 Å². The number of urea groups is 1. The number of nitrogens with one attached hydrogen (secondary N) is 2. The van der Waals surface area contributed by atoms with E-state index in [4.69, 9.17) is 19.9 Å². The second kappa shape index (κ2) is 15.0. The summed E-state index contributed by atoms with van der Waals surface area (Å²) < 4.78 is 18.0. The molecule has 5 unspecified atom stereocenters. The number of aliphatic hydroxyl groups excluding tert-OH is 4. The van der Waals surface area contributed by atoms with E-state index in [0.29, 0.717) is 5.69 Å². The molecular formula is C30H49N3O9. The molecule has 2 heterocycles. The van der Waals surface area contributed by atoms with E-state index in [9.17, 15) is 30.3 Å². The molecule has 0 radical (unpaired) electrons. The number of carbonyl (C=O) groups is 1. The third kappa shape index (κ3) is 9.43. The molecule has 2 aliphatic rings. The standard InChI is InChI=1S/C30H49N3O9/c1-16(2)11-12-20(41-28-27(37)24(31)26(36)18(5)40-28)13-23-25(33-29(38)32-19-9-7-6-8-10-19)22(35)15-30(39,42-23)14-21(34)17(3)4/h6-12,16-18,20-28,34-37,39H,13-15,31H2,1-5H3,(H2,32,33,38)/b12-11+/t18?,20-,21+,22-,23-,24?,25+,26?,27?,28?,30+/m0/s1. The quantitative estimate of drug-likeness (QED) is 0.172. The van der Waals surface area contributed by atoms with E-state index in [0.717, 1.165) is 0 Å². The molecule has 42 heavy (non-hydrogen) atoms. The number of carbonyl (C=O) groups excluding carboxylic acids is 1. The maximum Gasteiger partial charge on any atom is 0.319 e. The Morgan fingerprint density at radius 1 is 1.14 bits per heavy atom. The Morgan fingerprint density at radius 2 is 1.81 bits per heavy atom. The molecular weight excluding hydrogens is 546 g/mol. The van der Waals surface area contributed by atoms with Crippen LogP contribution >= 0.6 is 0 Å². The van der Waals surface area contributed by atoms with Crippen molar-refractivity contribution < 1.29 is 44.5 Å². The van der Waals surface area contributed by atoms with Crippen LogP contribution in [-0.2, 0) is 14.2 Å². The zero-order valence-electron chi connectivity index (χ0n) is 25.0. The van der Waals surface area contributed by atoms with Crippen molar-refractivity contribution in [2.45, 2.75) is 121 Å². The molecule has 2 saturated heterocycles. The second-order valence-corrected chi connectivity index (χ2v) is 12.2. The van der Waals surface area contributed by atoms with Gasteiger partial charge in [0.1, 0.15) is 6.10 Å². The molecule has 3 rings (SSSR count). The van der Waals surface area contributed by atoms with Gasteiger partial charge in [-0.1, -0.05) is 58.0 Å². The number of ether oxygens (including phenoxy) is 3. The van der Waals surface area contributed by atoms with Crippen molar-refractivity contribution in [1.29, 1.82) is 0 Å². The summed E-state index contributed by atoms with van der Waals surface area (Å²) in [5.41, 5.74) is 6.55. The number of rotatable bonds is 11. The van der Waals surface area contributed by atoms with Crippen LogP contribution in [0.4, 0.5) is 10.5 Å². The lowest BCUT2D eigenvalue weighted by molar-refractivity contribution is -0.303. The molecule has 0 aliphatic carbocycles. The first kappa shape index (κ1) is 34.4. The summed E-state index contributed by atoms with van der Waals surface area (Å²) >= 11 is 0. The molecule has 2 aliphatic heterocycles. The Kier molecular flexibility index (Phi) is 12.3. The summed E-state index contributed by atoms with van der Waals surface area (Å²) in [6, 6.07) is 6.24. The van der Waals surface area contributed by atoms with Gasteiger partial charge in [-0.3, -0.25) is 0 Å². The summed E-state index contributed by atoms with van der Waals surface area (Å²) in [6.45, 7) is 9.18. The van der Waals surface area contributed by atoms with E-state index in [1.165, 1.54) is 0 Å². The Balaban J connectivity index is 1.87. The predicted molar refractivity (Wildman–Crippen MR) is 156 cm³/mol. The van der Waals surface area contributed by atoms with Gasteiger partial charge in [0.2, 0.25) is 0 Å². The zero-order chi connectivity index (χ0) is 31.2. The summed E-state index contributed by atoms with van der Waals surface area (Å²) in [7, 11) is 0. The molecule has 0 spiro atoms. The molecule has 1 aromatic rings. The van der Waals surface area contributed by atoms with E-state index >= 15 is 0 Å². The lowest BCUT2D eigenvalue weighted by Gasteiger charge is -2.46. The molecule has 12 nitrogen and oxygen atoms in total. The number of nitrogens with two attached hydrogens (primary N) is 1. The maximum absolute atomic E-state index is 12.9. The van der Waals surface area contributed by atoms with Gasteiger partial charge in [0.05, 0.1) is 48.7 Å². The van der Waals surface area contributed by atoms with Crippen LogP contribution in [0.2, 0.25) is 0 Å². The Labute approximate surface area is 247 Å². The largest absolute Gasteiger partial charge is 0.393 e. The normalized spacial score (nSPS) is 35.4. The molecule has 12 heteroatoms. The molecule has 2 fully saturated rings. The minimum atomic E-state index is -1.88. The van der Waals surface area contributed by atoms with E-state index < -0.39 is 72.9 Å². The first-order valence-electron chi connectivity index (χ1n) is 14.7. The number of benzene rings is 1. The monoisotopic (exact) mass is 595 g/mol. The van der Waals surface area contributed by atoms with Crippen LogP contribution in [-0.4, -0.2) is 98.5 Å². The van der Waals surface area contributed by atoms with Crippen LogP contribution in [0.3, 0.4) is 0 Å². The fourth-order valence-corrected chi connectivity index (χ4v) is 5.13. The number of amides is 2. The highest BCUT2D eigenvalue weighted by molar-refractivity contribution is 5.89. The number of para-hydroxylation sites is 1. The van der Waals surface area contributed by atoms with Crippen molar-refractivity contribution in [3.8, 4) is 0 Å². The lowest BCUT2D eigenvalue weighted by Crippen LogP contribution is -2.63. The van der Waals surface area contributed by atoms with Crippen LogP contribution < -0.4 is 16.4 Å². The smallest absolute Gasteiger partial charge is 0.319 e. The molecule has 0 saturated carbocycles. The minimum absolute atomic E-state index is 0.0232. The van der Waals surface area contributed by atoms with E-state index in [2.05, 4.69) is 10.6 Å². The molecule has 9 N–H and O–H groups in total. The molecule has 11 atom stereocenters. The van der Waals surface area contributed by atoms with Gasteiger partial charge in [0.25, 0.3) is 0 Å². The minimum Gasteiger partial charge on any atom is -0.393 e. The first-order valence-corrected chi connectivity index (χ1v) is 14.7. The molecule has 2 amide bonds. The fraction of sp³-hybridized carbons (Fsp3) is 0.700. The van der Waals surface area contributed by atoms with Crippen molar-refractivity contribution in [1.82, 2.24) is 5.32 Å². The third-order valence-corrected chi connectivity index (χ3v) is 7.72. The van der Waals surface area contributed by atoms with Gasteiger partial charge in [0, 0.05) is 24.9 Å². The Hall–Kier alpha value is -2.13. The van der Waals surface area contributed by atoms with Crippen LogP contribution in [0.15, 0.2) is 42.5 Å². The van der Waals surface area contributed by atoms with Crippen LogP contribution in [0.25, 0.3) is 0 Å². The Morgan fingerprint density at radius 3 is 2.43 bits per heavy atom. The number of hydrogen-bond acceptors (Lipinski definition) is 10. The molecule has 1 aromatic carbocycles. The summed E-state index contributed by atoms with van der Waals surface area (Å²) in [4.78, 5) is 12.9. The van der Waals surface area contributed by atoms with Crippen LogP contribution in [0, 0.1) is 11.8 Å². The average Bonchev–Trinajstić information content (AvgIpc) is 2.91. The second-order valence-electron chi connectivity index (χ2n) is 12.2. The zero-order valence-corrected chi connectivity index (χ0v) is 25.0. The summed E-state index contributed by atoms with van der Waals surface area (Å²) in [6.07, 6.45) is -4.91.